The Morgan fingerprint density at radius 1 is 1.70 bits per heavy atom. The van der Waals surface area contributed by atoms with Crippen LogP contribution in [0.5, 0.6) is 0 Å². The van der Waals surface area contributed by atoms with Crippen molar-refractivity contribution in [1.29, 1.82) is 0 Å². The number of aliphatic hydroxyl groups excluding tert-OH is 1. The van der Waals surface area contributed by atoms with Crippen molar-refractivity contribution >= 4 is 0 Å². The number of aromatic nitrogens is 2. The maximum absolute atomic E-state index is 9.16. The summed E-state index contributed by atoms with van der Waals surface area (Å²) in [6.07, 6.45) is 1.27. The molecule has 0 fully saturated rings. The molecule has 0 aromatic carbocycles. The van der Waals surface area contributed by atoms with Gasteiger partial charge in [-0.25, -0.2) is 4.98 Å². The third-order valence-corrected chi connectivity index (χ3v) is 1.68. The third kappa shape index (κ3) is 1.04. The fourth-order valence-corrected chi connectivity index (χ4v) is 0.908. The van der Waals surface area contributed by atoms with Crippen molar-refractivity contribution < 1.29 is 5.11 Å². The molecule has 1 aromatic rings. The molecule has 0 saturated heterocycles. The van der Waals surface area contributed by atoms with Gasteiger partial charge >= 0.3 is 0 Å². The Balaban J connectivity index is 3.05. The van der Waals surface area contributed by atoms with Gasteiger partial charge in [-0.15, -0.1) is 0 Å². The molecule has 1 aromatic heterocycles. The summed E-state index contributed by atoms with van der Waals surface area (Å²) in [4.78, 5) is 4.04. The zero-order chi connectivity index (χ0) is 7.72. The number of aryl methyl sites for hydroxylation is 1. The van der Waals surface area contributed by atoms with Crippen molar-refractivity contribution in [2.45, 2.75) is 20.0 Å². The Morgan fingerprint density at radius 2 is 2.30 bits per heavy atom. The maximum atomic E-state index is 9.16. The van der Waals surface area contributed by atoms with Crippen LogP contribution >= 0.6 is 0 Å². The quantitative estimate of drug-likeness (QED) is 0.626. The van der Waals surface area contributed by atoms with Crippen LogP contribution in [0.15, 0.2) is 6.20 Å². The van der Waals surface area contributed by atoms with Gasteiger partial charge < -0.3 is 9.67 Å². The van der Waals surface area contributed by atoms with E-state index < -0.39 is 6.10 Å². The summed E-state index contributed by atoms with van der Waals surface area (Å²) >= 11 is 0. The van der Waals surface area contributed by atoms with Crippen LogP contribution in [0.25, 0.3) is 0 Å². The lowest BCUT2D eigenvalue weighted by atomic mass is 10.3. The fourth-order valence-electron chi connectivity index (χ4n) is 0.908. The van der Waals surface area contributed by atoms with Gasteiger partial charge in [0.15, 0.2) is 0 Å². The van der Waals surface area contributed by atoms with Crippen LogP contribution in [0, 0.1) is 6.92 Å². The van der Waals surface area contributed by atoms with E-state index in [1.165, 1.54) is 0 Å². The highest BCUT2D eigenvalue weighted by Crippen LogP contribution is 2.10. The van der Waals surface area contributed by atoms with Crippen LogP contribution in [0.1, 0.15) is 24.5 Å². The highest BCUT2D eigenvalue weighted by Gasteiger charge is 2.06. The van der Waals surface area contributed by atoms with E-state index in [1.54, 1.807) is 13.1 Å². The molecule has 1 unspecified atom stereocenters. The molecular formula is C7H12N2O. The van der Waals surface area contributed by atoms with Gasteiger partial charge in [-0.1, -0.05) is 0 Å². The second-order valence-electron chi connectivity index (χ2n) is 2.47. The minimum absolute atomic E-state index is 0.425. The second kappa shape index (κ2) is 2.42. The minimum Gasteiger partial charge on any atom is -0.387 e. The summed E-state index contributed by atoms with van der Waals surface area (Å²) in [5.74, 6) is 0.927. The second-order valence-corrected chi connectivity index (χ2v) is 2.47. The first-order valence-electron chi connectivity index (χ1n) is 3.29. The van der Waals surface area contributed by atoms with Crippen LogP contribution in [-0.4, -0.2) is 14.7 Å². The smallest absolute Gasteiger partial charge is 0.105 e. The molecule has 1 heterocycles. The number of aliphatic hydroxyl groups is 1. The molecule has 10 heavy (non-hydrogen) atoms. The summed E-state index contributed by atoms with van der Waals surface area (Å²) < 4.78 is 1.88. The van der Waals surface area contributed by atoms with Gasteiger partial charge in [0.2, 0.25) is 0 Å². The van der Waals surface area contributed by atoms with Crippen molar-refractivity contribution in [2.24, 2.45) is 7.05 Å². The van der Waals surface area contributed by atoms with E-state index in [-0.39, 0.29) is 0 Å². The van der Waals surface area contributed by atoms with E-state index in [1.807, 2.05) is 18.5 Å². The fraction of sp³-hybridized carbons (Fsp3) is 0.571. The number of hydrogen-bond acceptors (Lipinski definition) is 2. The van der Waals surface area contributed by atoms with Crippen molar-refractivity contribution in [3.05, 3.63) is 17.7 Å². The van der Waals surface area contributed by atoms with Gasteiger partial charge in [0.25, 0.3) is 0 Å². The topological polar surface area (TPSA) is 38.1 Å². The molecule has 1 rings (SSSR count). The standard InChI is InChI=1S/C7H12N2O/c1-5(10)7-4-8-6(2)9(7)3/h4-5,10H,1-3H3. The van der Waals surface area contributed by atoms with Gasteiger partial charge in [0.05, 0.1) is 18.0 Å². The first-order chi connectivity index (χ1) is 4.63. The van der Waals surface area contributed by atoms with Crippen LogP contribution < -0.4 is 0 Å². The molecule has 56 valence electrons. The summed E-state index contributed by atoms with van der Waals surface area (Å²) in [7, 11) is 1.89. The van der Waals surface area contributed by atoms with E-state index >= 15 is 0 Å². The number of nitrogens with zero attached hydrogens (tertiary/aromatic N) is 2. The van der Waals surface area contributed by atoms with E-state index in [9.17, 15) is 0 Å². The third-order valence-electron chi connectivity index (χ3n) is 1.68. The Labute approximate surface area is 60.3 Å². The van der Waals surface area contributed by atoms with E-state index in [4.69, 9.17) is 5.11 Å². The maximum Gasteiger partial charge on any atom is 0.105 e. The number of imidazole rings is 1. The van der Waals surface area contributed by atoms with Gasteiger partial charge in [-0.05, 0) is 13.8 Å². The lowest BCUT2D eigenvalue weighted by Crippen LogP contribution is -2.01. The van der Waals surface area contributed by atoms with Gasteiger partial charge in [-0.3, -0.25) is 0 Å². The average Bonchev–Trinajstić information content (AvgIpc) is 2.14. The molecule has 0 aliphatic carbocycles. The Kier molecular flexibility index (Phi) is 1.76. The molecule has 0 aliphatic heterocycles. The van der Waals surface area contributed by atoms with Gasteiger partial charge in [0, 0.05) is 7.05 Å². The van der Waals surface area contributed by atoms with Crippen molar-refractivity contribution in [3.8, 4) is 0 Å². The van der Waals surface area contributed by atoms with Crippen LogP contribution in [0.2, 0.25) is 0 Å². The van der Waals surface area contributed by atoms with E-state index in [0.717, 1.165) is 11.5 Å². The zero-order valence-corrected chi connectivity index (χ0v) is 6.50. The average molecular weight is 140 g/mol. The molecule has 1 atom stereocenters. The molecule has 0 aliphatic rings. The molecule has 0 amide bonds. The first kappa shape index (κ1) is 7.28. The van der Waals surface area contributed by atoms with Crippen molar-refractivity contribution in [2.75, 3.05) is 0 Å². The Bertz CT molecular complexity index is 228. The van der Waals surface area contributed by atoms with Crippen molar-refractivity contribution in [3.63, 3.8) is 0 Å². The number of hydrogen-bond donors (Lipinski definition) is 1. The summed E-state index contributed by atoms with van der Waals surface area (Å²) in [5, 5.41) is 9.16. The van der Waals surface area contributed by atoms with Gasteiger partial charge in [0.1, 0.15) is 5.82 Å². The van der Waals surface area contributed by atoms with Crippen LogP contribution in [0.4, 0.5) is 0 Å². The monoisotopic (exact) mass is 140 g/mol. The molecule has 0 saturated carbocycles. The zero-order valence-electron chi connectivity index (χ0n) is 6.50. The molecule has 0 radical (unpaired) electrons. The molecule has 0 bridgehead atoms. The summed E-state index contributed by atoms with van der Waals surface area (Å²) in [6.45, 7) is 3.64. The lowest BCUT2D eigenvalue weighted by Gasteiger charge is -2.04. The predicted octanol–water partition coefficient (Wildman–Crippen LogP) is 0.782. The van der Waals surface area contributed by atoms with E-state index in [0.29, 0.717) is 0 Å². The molecular weight excluding hydrogens is 128 g/mol. The van der Waals surface area contributed by atoms with E-state index in [2.05, 4.69) is 4.98 Å². The Hall–Kier alpha value is -0.830. The lowest BCUT2D eigenvalue weighted by molar-refractivity contribution is 0.190. The molecule has 3 heteroatoms. The largest absolute Gasteiger partial charge is 0.387 e. The molecule has 1 N–H and O–H groups in total. The van der Waals surface area contributed by atoms with Gasteiger partial charge in [-0.2, -0.15) is 0 Å². The molecule has 0 spiro atoms. The highest BCUT2D eigenvalue weighted by molar-refractivity contribution is 5.05. The summed E-state index contributed by atoms with van der Waals surface area (Å²) in [6, 6.07) is 0. The van der Waals surface area contributed by atoms with Crippen LogP contribution in [0.3, 0.4) is 0 Å². The Morgan fingerprint density at radius 3 is 2.50 bits per heavy atom. The first-order valence-corrected chi connectivity index (χ1v) is 3.29. The SMILES string of the molecule is Cc1ncc(C(C)O)n1C. The minimum atomic E-state index is -0.425. The summed E-state index contributed by atoms with van der Waals surface area (Å²) in [5.41, 5.74) is 0.859. The van der Waals surface area contributed by atoms with Crippen LogP contribution in [-0.2, 0) is 7.05 Å². The predicted molar refractivity (Wildman–Crippen MR) is 38.6 cm³/mol. The highest BCUT2D eigenvalue weighted by atomic mass is 16.3. The van der Waals surface area contributed by atoms with Crippen molar-refractivity contribution in [1.82, 2.24) is 9.55 Å². The normalized spacial score (nSPS) is 13.6. The molecule has 3 nitrogen and oxygen atoms in total. The number of rotatable bonds is 1.